The van der Waals surface area contributed by atoms with E-state index in [-0.39, 0.29) is 22.4 Å². The second-order valence-electron chi connectivity index (χ2n) is 4.64. The molecule has 0 spiro atoms. The first-order valence-corrected chi connectivity index (χ1v) is 6.46. The molecule has 9 nitrogen and oxygen atoms in total. The molecule has 3 N–H and O–H groups in total. The zero-order chi connectivity index (χ0) is 17.9. The Hall–Kier alpha value is -3.75. The van der Waals surface area contributed by atoms with Gasteiger partial charge in [0.2, 0.25) is 0 Å². The van der Waals surface area contributed by atoms with E-state index >= 15 is 0 Å². The number of carboxylic acids is 2. The molecule has 0 aliphatic heterocycles. The van der Waals surface area contributed by atoms with Crippen LogP contribution in [0.25, 0.3) is 0 Å². The Morgan fingerprint density at radius 1 is 0.958 bits per heavy atom. The maximum Gasteiger partial charge on any atom is 0.335 e. The summed E-state index contributed by atoms with van der Waals surface area (Å²) in [6.45, 7) is 0. The van der Waals surface area contributed by atoms with E-state index in [1.807, 2.05) is 0 Å². The fourth-order valence-electron chi connectivity index (χ4n) is 1.97. The molecular formula is C15H10N2O7. The molecule has 0 saturated carbocycles. The average Bonchev–Trinajstić information content (AvgIpc) is 2.54. The zero-order valence-electron chi connectivity index (χ0n) is 11.9. The fourth-order valence-corrected chi connectivity index (χ4v) is 1.97. The van der Waals surface area contributed by atoms with Gasteiger partial charge in [0.1, 0.15) is 5.56 Å². The number of hydrogen-bond acceptors (Lipinski definition) is 5. The molecular weight excluding hydrogens is 320 g/mol. The highest BCUT2D eigenvalue weighted by atomic mass is 16.6. The first-order valence-electron chi connectivity index (χ1n) is 6.46. The SMILES string of the molecule is O=C(O)c1cc(NC(=O)c2ccccc2[N+](=O)[O-])cc(C(=O)O)c1. The lowest BCUT2D eigenvalue weighted by molar-refractivity contribution is -0.385. The first kappa shape index (κ1) is 16.6. The minimum absolute atomic E-state index is 0.101. The van der Waals surface area contributed by atoms with Gasteiger partial charge in [-0.2, -0.15) is 0 Å². The van der Waals surface area contributed by atoms with E-state index in [0.29, 0.717) is 0 Å². The van der Waals surface area contributed by atoms with Crippen LogP contribution in [0.2, 0.25) is 0 Å². The van der Waals surface area contributed by atoms with E-state index in [2.05, 4.69) is 5.32 Å². The van der Waals surface area contributed by atoms with E-state index in [4.69, 9.17) is 10.2 Å². The summed E-state index contributed by atoms with van der Waals surface area (Å²) in [5.41, 5.74) is -1.45. The third kappa shape index (κ3) is 3.53. The molecule has 2 rings (SSSR count). The topological polar surface area (TPSA) is 147 Å². The summed E-state index contributed by atoms with van der Waals surface area (Å²) in [5, 5.41) is 31.2. The highest BCUT2D eigenvalue weighted by molar-refractivity contribution is 6.08. The summed E-state index contributed by atoms with van der Waals surface area (Å²) in [5.74, 6) is -3.61. The summed E-state index contributed by atoms with van der Waals surface area (Å²) >= 11 is 0. The molecule has 0 saturated heterocycles. The number of para-hydroxylation sites is 1. The number of anilines is 1. The van der Waals surface area contributed by atoms with Crippen molar-refractivity contribution in [1.82, 2.24) is 0 Å². The molecule has 0 aromatic heterocycles. The summed E-state index contributed by atoms with van der Waals surface area (Å²) < 4.78 is 0. The van der Waals surface area contributed by atoms with E-state index < -0.39 is 28.5 Å². The van der Waals surface area contributed by atoms with Gasteiger partial charge in [-0.1, -0.05) is 12.1 Å². The van der Waals surface area contributed by atoms with Crippen LogP contribution in [0, 0.1) is 10.1 Å². The fraction of sp³-hybridized carbons (Fsp3) is 0. The molecule has 0 fully saturated rings. The largest absolute Gasteiger partial charge is 0.478 e. The van der Waals surface area contributed by atoms with Gasteiger partial charge in [0.05, 0.1) is 16.1 Å². The van der Waals surface area contributed by atoms with Gasteiger partial charge in [-0.05, 0) is 24.3 Å². The number of carboxylic acid groups (broad SMARTS) is 2. The van der Waals surface area contributed by atoms with Crippen LogP contribution in [0.5, 0.6) is 0 Å². The molecule has 2 aromatic rings. The van der Waals surface area contributed by atoms with Crippen LogP contribution < -0.4 is 5.32 Å². The number of nitro benzene ring substituents is 1. The summed E-state index contributed by atoms with van der Waals surface area (Å²) in [7, 11) is 0. The number of rotatable bonds is 5. The molecule has 0 radical (unpaired) electrons. The van der Waals surface area contributed by atoms with E-state index in [0.717, 1.165) is 24.3 Å². The standard InChI is InChI=1S/C15H10N2O7/c18-13(11-3-1-2-4-12(11)17(23)24)16-10-6-8(14(19)20)5-9(7-10)15(21)22/h1-7H,(H,16,18)(H,19,20)(H,21,22). The number of nitrogens with zero attached hydrogens (tertiary/aromatic N) is 1. The van der Waals surface area contributed by atoms with Gasteiger partial charge in [-0.3, -0.25) is 14.9 Å². The van der Waals surface area contributed by atoms with Gasteiger partial charge in [-0.15, -0.1) is 0 Å². The average molecular weight is 330 g/mol. The van der Waals surface area contributed by atoms with Crippen LogP contribution in [-0.4, -0.2) is 33.0 Å². The summed E-state index contributed by atoms with van der Waals surface area (Å²) in [6.07, 6.45) is 0. The van der Waals surface area contributed by atoms with Crippen molar-refractivity contribution in [2.45, 2.75) is 0 Å². The van der Waals surface area contributed by atoms with Crippen molar-refractivity contribution < 1.29 is 29.5 Å². The molecule has 0 atom stereocenters. The first-order chi connectivity index (χ1) is 11.3. The minimum Gasteiger partial charge on any atom is -0.478 e. The monoisotopic (exact) mass is 330 g/mol. The highest BCUT2D eigenvalue weighted by Crippen LogP contribution is 2.21. The van der Waals surface area contributed by atoms with Gasteiger partial charge < -0.3 is 15.5 Å². The lowest BCUT2D eigenvalue weighted by atomic mass is 10.1. The second kappa shape index (κ2) is 6.57. The Morgan fingerprint density at radius 3 is 2.00 bits per heavy atom. The molecule has 9 heteroatoms. The van der Waals surface area contributed by atoms with Crippen molar-refractivity contribution in [2.75, 3.05) is 5.32 Å². The van der Waals surface area contributed by atoms with Gasteiger partial charge in [-0.25, -0.2) is 9.59 Å². The number of benzene rings is 2. The van der Waals surface area contributed by atoms with Gasteiger partial charge >= 0.3 is 11.9 Å². The maximum atomic E-state index is 12.2. The lowest BCUT2D eigenvalue weighted by Crippen LogP contribution is -2.15. The van der Waals surface area contributed by atoms with Crippen LogP contribution in [0.1, 0.15) is 31.1 Å². The third-order valence-electron chi connectivity index (χ3n) is 3.03. The van der Waals surface area contributed by atoms with Crippen LogP contribution >= 0.6 is 0 Å². The molecule has 2 aromatic carbocycles. The Bertz CT molecular complexity index is 828. The van der Waals surface area contributed by atoms with Gasteiger partial charge in [0.15, 0.2) is 0 Å². The normalized spacial score (nSPS) is 10.0. The lowest BCUT2D eigenvalue weighted by Gasteiger charge is -2.08. The number of carbonyl (C=O) groups excluding carboxylic acids is 1. The van der Waals surface area contributed by atoms with Gasteiger partial charge in [0.25, 0.3) is 11.6 Å². The van der Waals surface area contributed by atoms with E-state index in [1.54, 1.807) is 0 Å². The zero-order valence-corrected chi connectivity index (χ0v) is 11.9. The summed E-state index contributed by atoms with van der Waals surface area (Å²) in [4.78, 5) is 44.5. The van der Waals surface area contributed by atoms with Crippen LogP contribution in [-0.2, 0) is 0 Å². The second-order valence-corrected chi connectivity index (χ2v) is 4.64. The molecule has 0 heterocycles. The minimum atomic E-state index is -1.38. The predicted molar refractivity (Wildman–Crippen MR) is 81.4 cm³/mol. The number of amides is 1. The Balaban J connectivity index is 2.41. The number of nitrogens with one attached hydrogen (secondary N) is 1. The quantitative estimate of drug-likeness (QED) is 0.562. The Morgan fingerprint density at radius 2 is 1.50 bits per heavy atom. The maximum absolute atomic E-state index is 12.2. The van der Waals surface area contributed by atoms with Crippen molar-refractivity contribution in [3.63, 3.8) is 0 Å². The van der Waals surface area contributed by atoms with Crippen LogP contribution in [0.15, 0.2) is 42.5 Å². The van der Waals surface area contributed by atoms with Crippen LogP contribution in [0.4, 0.5) is 11.4 Å². The van der Waals surface area contributed by atoms with E-state index in [1.165, 1.54) is 18.2 Å². The molecule has 0 unspecified atom stereocenters. The van der Waals surface area contributed by atoms with Crippen molar-refractivity contribution in [1.29, 1.82) is 0 Å². The van der Waals surface area contributed by atoms with Crippen molar-refractivity contribution in [3.8, 4) is 0 Å². The number of aromatic carboxylic acids is 2. The van der Waals surface area contributed by atoms with E-state index in [9.17, 15) is 24.5 Å². The van der Waals surface area contributed by atoms with Crippen molar-refractivity contribution in [2.24, 2.45) is 0 Å². The third-order valence-corrected chi connectivity index (χ3v) is 3.03. The van der Waals surface area contributed by atoms with Crippen molar-refractivity contribution >= 4 is 29.2 Å². The smallest absolute Gasteiger partial charge is 0.335 e. The highest BCUT2D eigenvalue weighted by Gasteiger charge is 2.20. The van der Waals surface area contributed by atoms with Crippen LogP contribution in [0.3, 0.4) is 0 Å². The number of hydrogen-bond donors (Lipinski definition) is 3. The van der Waals surface area contributed by atoms with Gasteiger partial charge in [0, 0.05) is 11.8 Å². The predicted octanol–water partition coefficient (Wildman–Crippen LogP) is 2.24. The Labute approximate surface area is 134 Å². The molecule has 122 valence electrons. The Kier molecular flexibility index (Phi) is 4.55. The number of carbonyl (C=O) groups is 3. The molecule has 0 bridgehead atoms. The molecule has 0 aliphatic carbocycles. The van der Waals surface area contributed by atoms with Crippen molar-refractivity contribution in [3.05, 3.63) is 69.3 Å². The number of nitro groups is 1. The molecule has 1 amide bonds. The molecule has 0 aliphatic rings. The summed E-state index contributed by atoms with van der Waals surface area (Å²) in [6, 6.07) is 8.24. The molecule has 24 heavy (non-hydrogen) atoms.